The number of hydrogen-bond donors (Lipinski definition) is 2. The van der Waals surface area contributed by atoms with E-state index in [0.29, 0.717) is 0 Å². The molecule has 2 aliphatic heterocycles. The van der Waals surface area contributed by atoms with E-state index in [1.807, 2.05) is 0 Å². The molecule has 3 N–H and O–H groups in total. The van der Waals surface area contributed by atoms with Crippen molar-refractivity contribution in [3.63, 3.8) is 0 Å². The van der Waals surface area contributed by atoms with Gasteiger partial charge < -0.3 is 11.1 Å². The minimum atomic E-state index is 0.0399. The summed E-state index contributed by atoms with van der Waals surface area (Å²) in [6.45, 7) is 4.43. The first-order valence-corrected chi connectivity index (χ1v) is 3.56. The molecule has 2 rings (SSSR count). The fraction of sp³-hybridized carbons (Fsp3) is 1.00. The Bertz CT molecular complexity index is 125. The van der Waals surface area contributed by atoms with Crippen LogP contribution >= 0.6 is 0 Å². The average Bonchev–Trinajstić information content (AvgIpc) is 1.82. The largest absolute Gasteiger partial charge is 0.312 e. The molecule has 0 aromatic carbocycles. The zero-order chi connectivity index (χ0) is 6.32. The van der Waals surface area contributed by atoms with Gasteiger partial charge in [0.15, 0.2) is 0 Å². The first-order chi connectivity index (χ1) is 4.31. The molecule has 0 aromatic rings. The molecule has 0 amide bonds. The maximum atomic E-state index is 5.97. The predicted molar refractivity (Wildman–Crippen MR) is 36.0 cm³/mol. The third-order valence-corrected chi connectivity index (χ3v) is 2.43. The highest BCUT2D eigenvalue weighted by Crippen LogP contribution is 2.25. The van der Waals surface area contributed by atoms with E-state index in [2.05, 4.69) is 10.2 Å². The van der Waals surface area contributed by atoms with E-state index >= 15 is 0 Å². The Labute approximate surface area is 55.2 Å². The molecule has 0 bridgehead atoms. The summed E-state index contributed by atoms with van der Waals surface area (Å²) in [5.41, 5.74) is 6.01. The molecule has 0 aliphatic carbocycles. The smallest absolute Gasteiger partial charge is 0.0828 e. The van der Waals surface area contributed by atoms with Crippen LogP contribution in [-0.2, 0) is 0 Å². The van der Waals surface area contributed by atoms with Crippen molar-refractivity contribution in [2.24, 2.45) is 5.73 Å². The number of piperazine rings is 1. The van der Waals surface area contributed by atoms with E-state index in [0.717, 1.165) is 19.6 Å². The van der Waals surface area contributed by atoms with Gasteiger partial charge in [0.05, 0.1) is 5.66 Å². The van der Waals surface area contributed by atoms with Gasteiger partial charge in [0.2, 0.25) is 0 Å². The van der Waals surface area contributed by atoms with E-state index in [4.69, 9.17) is 5.73 Å². The van der Waals surface area contributed by atoms with Crippen LogP contribution in [-0.4, -0.2) is 36.7 Å². The van der Waals surface area contributed by atoms with Gasteiger partial charge in [0, 0.05) is 26.2 Å². The quantitative estimate of drug-likeness (QED) is 0.436. The normalized spacial score (nSPS) is 43.7. The fourth-order valence-corrected chi connectivity index (χ4v) is 1.61. The number of hydrogen-bond acceptors (Lipinski definition) is 3. The molecule has 2 heterocycles. The molecule has 9 heavy (non-hydrogen) atoms. The van der Waals surface area contributed by atoms with Crippen molar-refractivity contribution >= 4 is 0 Å². The minimum Gasteiger partial charge on any atom is -0.312 e. The van der Waals surface area contributed by atoms with Crippen LogP contribution in [0.1, 0.15) is 6.42 Å². The van der Waals surface area contributed by atoms with Crippen molar-refractivity contribution in [2.45, 2.75) is 12.1 Å². The zero-order valence-electron chi connectivity index (χ0n) is 5.56. The maximum Gasteiger partial charge on any atom is 0.0828 e. The van der Waals surface area contributed by atoms with Crippen molar-refractivity contribution in [1.82, 2.24) is 10.2 Å². The molecule has 52 valence electrons. The molecule has 0 aromatic heterocycles. The second-order valence-corrected chi connectivity index (χ2v) is 3.02. The van der Waals surface area contributed by atoms with Gasteiger partial charge in [0.1, 0.15) is 0 Å². The topological polar surface area (TPSA) is 41.3 Å². The molecule has 1 unspecified atom stereocenters. The number of nitrogens with zero attached hydrogens (tertiary/aromatic N) is 1. The lowest BCUT2D eigenvalue weighted by Crippen LogP contribution is -2.74. The molecular weight excluding hydrogens is 114 g/mol. The summed E-state index contributed by atoms with van der Waals surface area (Å²) < 4.78 is 0. The zero-order valence-corrected chi connectivity index (χ0v) is 5.56. The lowest BCUT2D eigenvalue weighted by atomic mass is 9.93. The Morgan fingerprint density at radius 2 is 2.33 bits per heavy atom. The molecular formula is C6H13N3. The lowest BCUT2D eigenvalue weighted by Gasteiger charge is -2.53. The predicted octanol–water partition coefficient (Wildman–Crippen LogP) is -1.05. The van der Waals surface area contributed by atoms with E-state index < -0.39 is 0 Å². The molecule has 0 saturated carbocycles. The van der Waals surface area contributed by atoms with Crippen molar-refractivity contribution in [3.8, 4) is 0 Å². The fourth-order valence-electron chi connectivity index (χ4n) is 1.61. The van der Waals surface area contributed by atoms with Crippen molar-refractivity contribution in [2.75, 3.05) is 26.2 Å². The second-order valence-electron chi connectivity index (χ2n) is 3.02. The van der Waals surface area contributed by atoms with Gasteiger partial charge >= 0.3 is 0 Å². The highest BCUT2D eigenvalue weighted by molar-refractivity contribution is 4.98. The van der Waals surface area contributed by atoms with Gasteiger partial charge in [-0.25, -0.2) is 0 Å². The first-order valence-electron chi connectivity index (χ1n) is 3.56. The average molecular weight is 127 g/mol. The number of fused-ring (bicyclic) bond motifs is 1. The van der Waals surface area contributed by atoms with Crippen LogP contribution in [0.5, 0.6) is 0 Å². The molecule has 2 aliphatic rings. The molecule has 0 spiro atoms. The van der Waals surface area contributed by atoms with Gasteiger partial charge in [-0.2, -0.15) is 0 Å². The van der Waals surface area contributed by atoms with Crippen molar-refractivity contribution in [3.05, 3.63) is 0 Å². The summed E-state index contributed by atoms with van der Waals surface area (Å²) in [5.74, 6) is 0. The van der Waals surface area contributed by atoms with Crippen LogP contribution < -0.4 is 11.1 Å². The summed E-state index contributed by atoms with van der Waals surface area (Å²) in [4.78, 5) is 2.35. The van der Waals surface area contributed by atoms with Gasteiger partial charge in [-0.3, -0.25) is 4.90 Å². The summed E-state index contributed by atoms with van der Waals surface area (Å²) in [7, 11) is 0. The first kappa shape index (κ1) is 5.65. The van der Waals surface area contributed by atoms with Crippen LogP contribution in [0.25, 0.3) is 0 Å². The summed E-state index contributed by atoms with van der Waals surface area (Å²) >= 11 is 0. The van der Waals surface area contributed by atoms with Crippen LogP contribution in [0.2, 0.25) is 0 Å². The standard InChI is InChI=1S/C6H13N3/c7-6-1-3-9(6)4-2-8-5-6/h8H,1-5,7H2. The molecule has 1 atom stereocenters. The Morgan fingerprint density at radius 1 is 1.44 bits per heavy atom. The van der Waals surface area contributed by atoms with E-state index in [1.54, 1.807) is 0 Å². The Kier molecular flexibility index (Phi) is 1.06. The summed E-state index contributed by atoms with van der Waals surface area (Å²) in [6, 6.07) is 0. The van der Waals surface area contributed by atoms with Crippen LogP contribution in [0, 0.1) is 0 Å². The van der Waals surface area contributed by atoms with Crippen LogP contribution in [0.3, 0.4) is 0 Å². The van der Waals surface area contributed by atoms with Gasteiger partial charge in [-0.05, 0) is 6.42 Å². The van der Waals surface area contributed by atoms with Gasteiger partial charge in [-0.15, -0.1) is 0 Å². The summed E-state index contributed by atoms with van der Waals surface area (Å²) in [6.07, 6.45) is 1.17. The third-order valence-electron chi connectivity index (χ3n) is 2.43. The third kappa shape index (κ3) is 0.689. The van der Waals surface area contributed by atoms with Gasteiger partial charge in [-0.1, -0.05) is 0 Å². The molecule has 3 heteroatoms. The Morgan fingerprint density at radius 3 is 2.67 bits per heavy atom. The number of nitrogens with two attached hydrogens (primary N) is 1. The summed E-state index contributed by atoms with van der Waals surface area (Å²) in [5, 5.41) is 3.29. The number of rotatable bonds is 0. The highest BCUT2D eigenvalue weighted by Gasteiger charge is 2.42. The van der Waals surface area contributed by atoms with Crippen LogP contribution in [0.4, 0.5) is 0 Å². The SMILES string of the molecule is NC12CCN1CCNC2. The van der Waals surface area contributed by atoms with Crippen molar-refractivity contribution in [1.29, 1.82) is 0 Å². The van der Waals surface area contributed by atoms with Crippen LogP contribution in [0.15, 0.2) is 0 Å². The number of nitrogens with one attached hydrogen (secondary N) is 1. The van der Waals surface area contributed by atoms with E-state index in [1.165, 1.54) is 13.0 Å². The van der Waals surface area contributed by atoms with Crippen molar-refractivity contribution < 1.29 is 0 Å². The maximum absolute atomic E-state index is 5.97. The lowest BCUT2D eigenvalue weighted by molar-refractivity contribution is -0.0284. The molecule has 2 saturated heterocycles. The van der Waals surface area contributed by atoms with Gasteiger partial charge in [0.25, 0.3) is 0 Å². The molecule has 0 radical (unpaired) electrons. The molecule has 2 fully saturated rings. The second kappa shape index (κ2) is 1.68. The monoisotopic (exact) mass is 127 g/mol. The highest BCUT2D eigenvalue weighted by atomic mass is 15.4. The van der Waals surface area contributed by atoms with E-state index in [-0.39, 0.29) is 5.66 Å². The molecule has 3 nitrogen and oxygen atoms in total. The Hall–Kier alpha value is -0.120. The van der Waals surface area contributed by atoms with E-state index in [9.17, 15) is 0 Å². The Balaban J connectivity index is 2.05. The minimum absolute atomic E-state index is 0.0399.